The zero-order valence-corrected chi connectivity index (χ0v) is 7.61. The number of carbonyl (C=O) groups excluding carboxylic acids is 1. The smallest absolute Gasteiger partial charge is 0.248 e. The van der Waals surface area contributed by atoms with Gasteiger partial charge in [-0.2, -0.15) is 0 Å². The summed E-state index contributed by atoms with van der Waals surface area (Å²) < 4.78 is 5.00. The molecule has 0 radical (unpaired) electrons. The highest BCUT2D eigenvalue weighted by Crippen LogP contribution is 2.32. The van der Waals surface area contributed by atoms with Crippen molar-refractivity contribution in [3.05, 3.63) is 0 Å². The molecule has 2 aliphatic rings. The summed E-state index contributed by atoms with van der Waals surface area (Å²) in [5, 5.41) is 9.62. The molecule has 1 saturated heterocycles. The Morgan fingerprint density at radius 1 is 1.62 bits per heavy atom. The Kier molecular flexibility index (Phi) is 2.51. The monoisotopic (exact) mass is 185 g/mol. The zero-order chi connectivity index (χ0) is 9.26. The lowest BCUT2D eigenvalue weighted by Crippen LogP contribution is -2.45. The molecule has 1 unspecified atom stereocenters. The van der Waals surface area contributed by atoms with Gasteiger partial charge in [0, 0.05) is 13.1 Å². The van der Waals surface area contributed by atoms with E-state index in [0.29, 0.717) is 25.6 Å². The van der Waals surface area contributed by atoms with Crippen molar-refractivity contribution in [2.75, 3.05) is 26.3 Å². The molecule has 1 heterocycles. The lowest BCUT2D eigenvalue weighted by atomic mass is 10.2. The van der Waals surface area contributed by atoms with E-state index in [2.05, 4.69) is 0 Å². The molecule has 0 spiro atoms. The normalized spacial score (nSPS) is 26.2. The second kappa shape index (κ2) is 3.64. The fraction of sp³-hybridized carbons (Fsp3) is 0.889. The van der Waals surface area contributed by atoms with Crippen LogP contribution in [-0.2, 0) is 9.53 Å². The van der Waals surface area contributed by atoms with E-state index in [1.807, 2.05) is 0 Å². The van der Waals surface area contributed by atoms with E-state index in [9.17, 15) is 9.90 Å². The summed E-state index contributed by atoms with van der Waals surface area (Å²) >= 11 is 0. The fourth-order valence-corrected chi connectivity index (χ4v) is 1.60. The van der Waals surface area contributed by atoms with Crippen LogP contribution in [0.4, 0.5) is 0 Å². The van der Waals surface area contributed by atoms with Crippen LogP contribution in [0.25, 0.3) is 0 Å². The molecule has 1 aliphatic heterocycles. The number of hydrogen-bond acceptors (Lipinski definition) is 3. The molecule has 0 aromatic rings. The summed E-state index contributed by atoms with van der Waals surface area (Å²) in [5.74, 6) is 0.446. The van der Waals surface area contributed by atoms with Crippen LogP contribution in [0, 0.1) is 5.92 Å². The van der Waals surface area contributed by atoms with Gasteiger partial charge in [0.05, 0.1) is 12.7 Å². The molecule has 74 valence electrons. The van der Waals surface area contributed by atoms with Gasteiger partial charge in [0.25, 0.3) is 0 Å². The maximum Gasteiger partial charge on any atom is 0.248 e. The molecule has 0 bridgehead atoms. The first-order valence-corrected chi connectivity index (χ1v) is 4.81. The van der Waals surface area contributed by atoms with E-state index in [-0.39, 0.29) is 18.6 Å². The van der Waals surface area contributed by atoms with Crippen LogP contribution >= 0.6 is 0 Å². The third-order valence-electron chi connectivity index (χ3n) is 2.66. The quantitative estimate of drug-likeness (QED) is 0.652. The molecule has 1 amide bonds. The van der Waals surface area contributed by atoms with Gasteiger partial charge in [-0.15, -0.1) is 0 Å². The zero-order valence-electron chi connectivity index (χ0n) is 7.61. The largest absolute Gasteiger partial charge is 0.391 e. The molecule has 0 aromatic carbocycles. The molecule has 4 heteroatoms. The first kappa shape index (κ1) is 8.97. The second-order valence-corrected chi connectivity index (χ2v) is 3.80. The Bertz CT molecular complexity index is 203. The van der Waals surface area contributed by atoms with Crippen LogP contribution in [0.2, 0.25) is 0 Å². The maximum absolute atomic E-state index is 11.3. The third kappa shape index (κ3) is 2.19. The van der Waals surface area contributed by atoms with Gasteiger partial charge >= 0.3 is 0 Å². The van der Waals surface area contributed by atoms with Crippen molar-refractivity contribution in [1.29, 1.82) is 0 Å². The van der Waals surface area contributed by atoms with E-state index in [4.69, 9.17) is 4.74 Å². The van der Waals surface area contributed by atoms with Crippen molar-refractivity contribution < 1.29 is 14.6 Å². The molecular weight excluding hydrogens is 170 g/mol. The summed E-state index contributed by atoms with van der Waals surface area (Å²) in [6.45, 7) is 1.90. The van der Waals surface area contributed by atoms with E-state index >= 15 is 0 Å². The first-order chi connectivity index (χ1) is 6.27. The number of nitrogens with zero attached hydrogens (tertiary/aromatic N) is 1. The number of β-amino-alcohol motifs (C(OH)–C–C–N with tert-alkyl or cyclic N) is 1. The van der Waals surface area contributed by atoms with Gasteiger partial charge in [-0.05, 0) is 18.8 Å². The van der Waals surface area contributed by atoms with Crippen LogP contribution < -0.4 is 0 Å². The van der Waals surface area contributed by atoms with Crippen molar-refractivity contribution in [3.8, 4) is 0 Å². The Hall–Kier alpha value is -0.610. The highest BCUT2D eigenvalue weighted by atomic mass is 16.5. The maximum atomic E-state index is 11.3. The summed E-state index contributed by atoms with van der Waals surface area (Å²) in [6.07, 6.45) is 1.90. The predicted octanol–water partition coefficient (Wildman–Crippen LogP) is -0.384. The van der Waals surface area contributed by atoms with Crippen LogP contribution in [0.5, 0.6) is 0 Å². The minimum Gasteiger partial charge on any atom is -0.391 e. The fourth-order valence-electron chi connectivity index (χ4n) is 1.60. The standard InChI is InChI=1S/C9H15NO3/c11-8(7-1-2-7)5-10-3-4-13-6-9(10)12/h7-8,11H,1-6H2. The molecule has 1 atom stereocenters. The average molecular weight is 185 g/mol. The number of ether oxygens (including phenoxy) is 1. The molecule has 0 aromatic heterocycles. The number of aliphatic hydroxyl groups excluding tert-OH is 1. The number of morpholine rings is 1. The van der Waals surface area contributed by atoms with Crippen LogP contribution in [0.1, 0.15) is 12.8 Å². The molecular formula is C9H15NO3. The Labute approximate surface area is 77.5 Å². The number of aliphatic hydroxyl groups is 1. The minimum atomic E-state index is -0.318. The Morgan fingerprint density at radius 3 is 3.00 bits per heavy atom. The van der Waals surface area contributed by atoms with Gasteiger partial charge in [-0.1, -0.05) is 0 Å². The van der Waals surface area contributed by atoms with Crippen LogP contribution in [0.15, 0.2) is 0 Å². The van der Waals surface area contributed by atoms with E-state index in [1.165, 1.54) is 0 Å². The SMILES string of the molecule is O=C1COCCN1CC(O)C1CC1. The van der Waals surface area contributed by atoms with Crippen LogP contribution in [-0.4, -0.2) is 48.3 Å². The van der Waals surface area contributed by atoms with Gasteiger partial charge in [-0.3, -0.25) is 4.79 Å². The lowest BCUT2D eigenvalue weighted by molar-refractivity contribution is -0.144. The van der Waals surface area contributed by atoms with Crippen molar-refractivity contribution >= 4 is 5.91 Å². The number of amides is 1. The van der Waals surface area contributed by atoms with Crippen LogP contribution in [0.3, 0.4) is 0 Å². The lowest BCUT2D eigenvalue weighted by Gasteiger charge is -2.28. The van der Waals surface area contributed by atoms with Gasteiger partial charge < -0.3 is 14.7 Å². The second-order valence-electron chi connectivity index (χ2n) is 3.80. The summed E-state index contributed by atoms with van der Waals surface area (Å²) in [7, 11) is 0. The molecule has 1 N–H and O–H groups in total. The predicted molar refractivity (Wildman–Crippen MR) is 46.1 cm³/mol. The van der Waals surface area contributed by atoms with E-state index in [0.717, 1.165) is 12.8 Å². The summed E-state index contributed by atoms with van der Waals surface area (Å²) in [4.78, 5) is 13.0. The number of carbonyl (C=O) groups is 1. The Morgan fingerprint density at radius 2 is 2.38 bits per heavy atom. The van der Waals surface area contributed by atoms with Gasteiger partial charge in [0.1, 0.15) is 6.61 Å². The van der Waals surface area contributed by atoms with Crippen molar-refractivity contribution in [2.24, 2.45) is 5.92 Å². The number of rotatable bonds is 3. The number of hydrogen-bond donors (Lipinski definition) is 1. The van der Waals surface area contributed by atoms with Gasteiger partial charge in [0.2, 0.25) is 5.91 Å². The minimum absolute atomic E-state index is 0.00551. The topological polar surface area (TPSA) is 49.8 Å². The van der Waals surface area contributed by atoms with Crippen molar-refractivity contribution in [3.63, 3.8) is 0 Å². The summed E-state index contributed by atoms with van der Waals surface area (Å²) in [6, 6.07) is 0. The molecule has 1 saturated carbocycles. The van der Waals surface area contributed by atoms with Gasteiger partial charge in [-0.25, -0.2) is 0 Å². The summed E-state index contributed by atoms with van der Waals surface area (Å²) in [5.41, 5.74) is 0. The van der Waals surface area contributed by atoms with E-state index < -0.39 is 0 Å². The third-order valence-corrected chi connectivity index (χ3v) is 2.66. The average Bonchev–Trinajstić information content (AvgIpc) is 2.91. The first-order valence-electron chi connectivity index (χ1n) is 4.81. The molecule has 2 fully saturated rings. The van der Waals surface area contributed by atoms with Crippen molar-refractivity contribution in [2.45, 2.75) is 18.9 Å². The highest BCUT2D eigenvalue weighted by molar-refractivity contribution is 5.78. The molecule has 1 aliphatic carbocycles. The van der Waals surface area contributed by atoms with Crippen molar-refractivity contribution in [1.82, 2.24) is 4.90 Å². The Balaban J connectivity index is 1.81. The van der Waals surface area contributed by atoms with E-state index in [1.54, 1.807) is 4.90 Å². The highest BCUT2D eigenvalue weighted by Gasteiger charge is 2.32. The molecule has 2 rings (SSSR count). The molecule has 4 nitrogen and oxygen atoms in total. The van der Waals surface area contributed by atoms with Gasteiger partial charge in [0.15, 0.2) is 0 Å². The molecule has 13 heavy (non-hydrogen) atoms.